The topological polar surface area (TPSA) is 368 Å². The predicted octanol–water partition coefficient (Wildman–Crippen LogP) is 14.0. The van der Waals surface area contributed by atoms with Crippen molar-refractivity contribution in [3.63, 3.8) is 0 Å². The van der Waals surface area contributed by atoms with Crippen molar-refractivity contribution < 1.29 is 95.4 Å². The van der Waals surface area contributed by atoms with Crippen molar-refractivity contribution in [1.29, 1.82) is 0 Å². The van der Waals surface area contributed by atoms with Crippen LogP contribution in [0, 0.1) is 24.0 Å². The van der Waals surface area contributed by atoms with Gasteiger partial charge in [-0.15, -0.1) is 0 Å². The highest BCUT2D eigenvalue weighted by atomic mass is 19.1. The van der Waals surface area contributed by atoms with E-state index in [0.29, 0.717) is 84.1 Å². The van der Waals surface area contributed by atoms with Crippen molar-refractivity contribution >= 4 is 89.0 Å². The SMILES string of the molecule is C=Nc1[nH]c(-c2ccc(CCN3CCC4(CC3)CCN(C(=O)c3ccc(OC)c(N5CCC(=O)NC5=O)c3)CC4)cc2)cc1C(=NC)c1cc(F)cc(NC(=O)c2ccc(C(C)(C)OC(=O)CNC(=O)CCOCCOCCOCCOCCNC(=O)CCC(C(=O)O)N(CCCCCCCCCCC)C(=O)CCCCCCCCCC(=O)O)cc2F)c1C. The highest BCUT2D eigenvalue weighted by Gasteiger charge is 2.40. The first-order valence-electron chi connectivity index (χ1n) is 44.1. The first-order chi connectivity index (χ1) is 59.7. The molecule has 124 heavy (non-hydrogen) atoms. The third-order valence-corrected chi connectivity index (χ3v) is 23.4. The summed E-state index contributed by atoms with van der Waals surface area (Å²) in [6, 6.07) is 19.7. The summed E-state index contributed by atoms with van der Waals surface area (Å²) in [5.41, 5.74) is 4.00. The Morgan fingerprint density at radius 3 is 1.90 bits per heavy atom. The van der Waals surface area contributed by atoms with Gasteiger partial charge in [-0.1, -0.05) is 121 Å². The Morgan fingerprint density at radius 1 is 0.669 bits per heavy atom. The highest BCUT2D eigenvalue weighted by Crippen LogP contribution is 2.43. The Morgan fingerprint density at radius 2 is 1.28 bits per heavy atom. The minimum Gasteiger partial charge on any atom is -0.495 e. The number of halogens is 2. The number of nitrogens with one attached hydrogen (secondary N) is 5. The van der Waals surface area contributed by atoms with Crippen LogP contribution in [-0.2, 0) is 69.3 Å². The lowest BCUT2D eigenvalue weighted by molar-refractivity contribution is -0.157. The molecule has 8 rings (SSSR count). The van der Waals surface area contributed by atoms with E-state index in [-0.39, 0.29) is 150 Å². The number of aromatic amines is 1. The van der Waals surface area contributed by atoms with Crippen molar-refractivity contribution in [3.8, 4) is 17.0 Å². The molecule has 3 aliphatic heterocycles. The number of urea groups is 1. The smallest absolute Gasteiger partial charge is 0.328 e. The van der Waals surface area contributed by atoms with Gasteiger partial charge >= 0.3 is 23.9 Å². The summed E-state index contributed by atoms with van der Waals surface area (Å²) in [4.78, 5) is 147. The third-order valence-electron chi connectivity index (χ3n) is 23.4. The largest absolute Gasteiger partial charge is 0.495 e. The molecule has 1 unspecified atom stereocenters. The van der Waals surface area contributed by atoms with Crippen LogP contribution >= 0.6 is 0 Å². The molecule has 8 amide bonds. The number of anilines is 2. The van der Waals surface area contributed by atoms with Crippen LogP contribution in [-0.4, -0.2) is 234 Å². The summed E-state index contributed by atoms with van der Waals surface area (Å²) in [5.74, 6) is -5.88. The lowest BCUT2D eigenvalue weighted by Gasteiger charge is -2.47. The molecule has 0 bridgehead atoms. The van der Waals surface area contributed by atoms with Crippen LogP contribution in [0.3, 0.4) is 0 Å². The molecule has 4 aromatic carbocycles. The lowest BCUT2D eigenvalue weighted by Crippen LogP contribution is -2.50. The quantitative estimate of drug-likeness (QED) is 0.0108. The number of benzene rings is 4. The second-order valence-electron chi connectivity index (χ2n) is 32.7. The number of aliphatic carboxylic acids is 2. The molecule has 31 heteroatoms. The summed E-state index contributed by atoms with van der Waals surface area (Å²) in [6.07, 6.45) is 20.6. The number of ether oxygens (including phenoxy) is 6. The molecular weight excluding hydrogens is 1600 g/mol. The number of rotatable bonds is 56. The Kier molecular flexibility index (Phi) is 41.4. The Balaban J connectivity index is 0.675. The first-order valence-corrected chi connectivity index (χ1v) is 44.1. The average molecular weight is 1730 g/mol. The molecule has 3 aliphatic rings. The number of hydrogen-bond donors (Lipinski definition) is 7. The number of imide groups is 1. The number of H-pyrrole nitrogens is 1. The number of amides is 8. The van der Waals surface area contributed by atoms with E-state index in [0.717, 1.165) is 138 Å². The van der Waals surface area contributed by atoms with E-state index in [2.05, 4.69) is 66.9 Å². The summed E-state index contributed by atoms with van der Waals surface area (Å²) >= 11 is 0. The van der Waals surface area contributed by atoms with Crippen LogP contribution in [0.4, 0.5) is 30.8 Å². The number of carboxylic acid groups (broad SMARTS) is 2. The van der Waals surface area contributed by atoms with Gasteiger partial charge in [0.15, 0.2) is 0 Å². The molecule has 4 heterocycles. The summed E-state index contributed by atoms with van der Waals surface area (Å²) < 4.78 is 65.1. The van der Waals surface area contributed by atoms with E-state index in [1.807, 2.05) is 23.1 Å². The van der Waals surface area contributed by atoms with Gasteiger partial charge in [-0.3, -0.25) is 53.6 Å². The number of hydrogen-bond acceptors (Lipinski definition) is 19. The third kappa shape index (κ3) is 31.7. The van der Waals surface area contributed by atoms with E-state index >= 15 is 8.78 Å². The van der Waals surface area contributed by atoms with Gasteiger partial charge in [0.05, 0.1) is 76.9 Å². The molecule has 0 aliphatic carbocycles. The molecule has 1 atom stereocenters. The average Bonchev–Trinajstić information content (AvgIpc) is 1.43. The second kappa shape index (κ2) is 51.8. The zero-order chi connectivity index (χ0) is 89.4. The van der Waals surface area contributed by atoms with Crippen molar-refractivity contribution in [2.45, 2.75) is 213 Å². The van der Waals surface area contributed by atoms with Crippen molar-refractivity contribution in [2.24, 2.45) is 15.4 Å². The fourth-order valence-corrected chi connectivity index (χ4v) is 15.9. The van der Waals surface area contributed by atoms with Crippen LogP contribution in [0.2, 0.25) is 0 Å². The monoisotopic (exact) mass is 1730 g/mol. The number of nitrogens with zero attached hydrogens (tertiary/aromatic N) is 6. The summed E-state index contributed by atoms with van der Waals surface area (Å²) in [5, 5.41) is 29.4. The number of piperidine rings is 2. The zero-order valence-corrected chi connectivity index (χ0v) is 73.3. The number of esters is 1. The normalized spacial score (nSPS) is 14.5. The Hall–Kier alpha value is -10.3. The molecular formula is C93H129F2N11O18. The molecule has 29 nitrogen and oxygen atoms in total. The summed E-state index contributed by atoms with van der Waals surface area (Å²) in [6.45, 7) is 16.8. The fourth-order valence-electron chi connectivity index (χ4n) is 15.9. The van der Waals surface area contributed by atoms with E-state index in [1.54, 1.807) is 32.2 Å². The molecule has 1 spiro atoms. The van der Waals surface area contributed by atoms with Gasteiger partial charge in [-0.05, 0) is 175 Å². The van der Waals surface area contributed by atoms with Crippen LogP contribution in [0.1, 0.15) is 236 Å². The number of likely N-dealkylation sites (tertiary alicyclic amines) is 2. The maximum atomic E-state index is 16.0. The summed E-state index contributed by atoms with van der Waals surface area (Å²) in [7, 11) is 3.06. The van der Waals surface area contributed by atoms with E-state index in [4.69, 9.17) is 33.5 Å². The number of aliphatic imine (C=N–C) groups is 2. The lowest BCUT2D eigenvalue weighted by atomic mass is 9.71. The first kappa shape index (κ1) is 99.1. The molecule has 678 valence electrons. The molecule has 5 aromatic rings. The van der Waals surface area contributed by atoms with Crippen LogP contribution in [0.25, 0.3) is 11.3 Å². The molecule has 7 N–H and O–H groups in total. The van der Waals surface area contributed by atoms with E-state index in [9.17, 15) is 53.1 Å². The number of carbonyl (C=O) groups excluding carboxylic acids is 8. The Bertz CT molecular complexity index is 4380. The van der Waals surface area contributed by atoms with E-state index in [1.165, 1.54) is 74.6 Å². The van der Waals surface area contributed by atoms with Gasteiger partial charge in [0.2, 0.25) is 23.6 Å². The van der Waals surface area contributed by atoms with Gasteiger partial charge < -0.3 is 74.3 Å². The molecule has 3 fully saturated rings. The molecule has 3 saturated heterocycles. The maximum Gasteiger partial charge on any atom is 0.328 e. The number of unbranched alkanes of at least 4 members (excludes halogenated alkanes) is 14. The van der Waals surface area contributed by atoms with Gasteiger partial charge in [0, 0.05) is 106 Å². The number of aromatic nitrogens is 1. The van der Waals surface area contributed by atoms with Gasteiger partial charge in [0.25, 0.3) is 11.8 Å². The minimum atomic E-state index is -1.41. The Labute approximate surface area is 727 Å². The van der Waals surface area contributed by atoms with Gasteiger partial charge in [-0.2, -0.15) is 0 Å². The molecule has 1 aromatic heterocycles. The predicted molar refractivity (Wildman–Crippen MR) is 470 cm³/mol. The van der Waals surface area contributed by atoms with Crippen molar-refractivity contribution in [3.05, 3.63) is 129 Å². The second-order valence-corrected chi connectivity index (χ2v) is 32.7. The maximum absolute atomic E-state index is 16.0. The van der Waals surface area contributed by atoms with E-state index < -0.39 is 65.6 Å². The molecule has 0 saturated carbocycles. The van der Waals surface area contributed by atoms with Gasteiger partial charge in [-0.25, -0.2) is 23.4 Å². The van der Waals surface area contributed by atoms with Crippen molar-refractivity contribution in [1.82, 2.24) is 35.6 Å². The molecule has 0 radical (unpaired) electrons. The van der Waals surface area contributed by atoms with Crippen LogP contribution < -0.4 is 30.9 Å². The number of carboxylic acids is 2. The van der Waals surface area contributed by atoms with Crippen molar-refractivity contribution in [2.75, 3.05) is 136 Å². The zero-order valence-electron chi connectivity index (χ0n) is 73.3. The van der Waals surface area contributed by atoms with Crippen LogP contribution in [0.15, 0.2) is 88.8 Å². The number of methoxy groups -OCH3 is 1. The van der Waals surface area contributed by atoms with Gasteiger partial charge in [0.1, 0.15) is 41.4 Å². The standard InChI is InChI=1S/C93H129F2N11O18/c1-8-9-10-11-12-13-17-20-23-44-105(83(110)24-21-18-15-14-16-19-22-25-84(111)112)77(90(116)117)33-35-80(107)98-43-52-121-54-56-123-58-57-122-55-53-120-51-38-81(108)99-64-85(113)124-92(3,4)69-31-32-71(74(95)60-69)88(114)101-75-62-70(94)61-72(65(75)2)86(96-5)73-63-76(100-87(73)97-6)67-28-26-66(27-29-67)36-45-103-47-39-93(40-48-103)41-49-104(50-42-93)89(115)68-30-34-79(119-7)78(59-68)106-46-37-82(109)102-91(106)118/h26-32,34,59-63,77,100H,6,8-25,33,35-58,64H2,1-5,7H3,(H,98,107)(H,99,108)(H,101,114)(H,111,112)(H,116,117)(H,102,109,118). The number of carbonyl (C=O) groups is 10. The fraction of sp³-hybridized carbons (Fsp3) is 0.570. The minimum absolute atomic E-state index is 0.0142. The highest BCUT2D eigenvalue weighted by molar-refractivity contribution is 6.18. The van der Waals surface area contributed by atoms with Crippen LogP contribution in [0.5, 0.6) is 5.75 Å².